The van der Waals surface area contributed by atoms with E-state index in [0.717, 1.165) is 0 Å². The van der Waals surface area contributed by atoms with Gasteiger partial charge in [0.05, 0.1) is 22.0 Å². The molecule has 122 valence electrons. The summed E-state index contributed by atoms with van der Waals surface area (Å²) in [7, 11) is 0. The molecule has 1 atom stereocenters. The molecule has 24 heavy (non-hydrogen) atoms. The first-order valence-electron chi connectivity index (χ1n) is 6.87. The Bertz CT molecular complexity index is 833. The van der Waals surface area contributed by atoms with Crippen molar-refractivity contribution in [2.45, 2.75) is 6.10 Å². The van der Waals surface area contributed by atoms with Crippen molar-refractivity contribution in [3.05, 3.63) is 68.7 Å². The van der Waals surface area contributed by atoms with E-state index >= 15 is 0 Å². The molecule has 0 aromatic heterocycles. The molecule has 0 amide bonds. The first kappa shape index (κ1) is 17.0. The van der Waals surface area contributed by atoms with Crippen LogP contribution in [0.4, 0.5) is 5.69 Å². The van der Waals surface area contributed by atoms with E-state index < -0.39 is 6.10 Å². The van der Waals surface area contributed by atoms with E-state index in [-0.39, 0.29) is 5.57 Å². The van der Waals surface area contributed by atoms with Crippen molar-refractivity contribution < 1.29 is 14.4 Å². The molecular formula is C17H10Cl3NO3. The fourth-order valence-corrected chi connectivity index (χ4v) is 3.03. The highest BCUT2D eigenvalue weighted by molar-refractivity contribution is 6.36. The number of rotatable bonds is 4. The molecule has 2 aromatic carbocycles. The van der Waals surface area contributed by atoms with Gasteiger partial charge in [0.1, 0.15) is 0 Å². The molecule has 2 aromatic rings. The zero-order valence-corrected chi connectivity index (χ0v) is 14.3. The molecule has 0 N–H and O–H groups in total. The van der Waals surface area contributed by atoms with Gasteiger partial charge in [-0.1, -0.05) is 34.8 Å². The van der Waals surface area contributed by atoms with E-state index in [1.165, 1.54) is 5.06 Å². The quantitative estimate of drug-likeness (QED) is 0.726. The summed E-state index contributed by atoms with van der Waals surface area (Å²) in [5.74, 6) is 0. The van der Waals surface area contributed by atoms with Crippen molar-refractivity contribution in [2.75, 3.05) is 5.06 Å². The van der Waals surface area contributed by atoms with E-state index in [9.17, 15) is 9.59 Å². The van der Waals surface area contributed by atoms with Crippen molar-refractivity contribution in [3.63, 3.8) is 0 Å². The Morgan fingerprint density at radius 3 is 2.21 bits per heavy atom. The van der Waals surface area contributed by atoms with Crippen LogP contribution in [0.3, 0.4) is 0 Å². The molecule has 3 rings (SSSR count). The van der Waals surface area contributed by atoms with Crippen LogP contribution in [-0.2, 0) is 14.4 Å². The maximum Gasteiger partial charge on any atom is 0.171 e. The third-order valence-electron chi connectivity index (χ3n) is 3.50. The Labute approximate surface area is 153 Å². The highest BCUT2D eigenvalue weighted by atomic mass is 35.5. The van der Waals surface area contributed by atoms with Crippen LogP contribution in [0.5, 0.6) is 0 Å². The van der Waals surface area contributed by atoms with Gasteiger partial charge in [-0.15, -0.1) is 0 Å². The molecule has 0 radical (unpaired) electrons. The Balaban J connectivity index is 2.18. The number of carbonyl (C=O) groups excluding carboxylic acids is 2. The minimum Gasteiger partial charge on any atom is -0.300 e. The smallest absolute Gasteiger partial charge is 0.171 e. The Hall–Kier alpha value is -1.85. The summed E-state index contributed by atoms with van der Waals surface area (Å²) < 4.78 is 0. The first-order valence-corrected chi connectivity index (χ1v) is 8.01. The van der Waals surface area contributed by atoms with Crippen molar-refractivity contribution in [3.8, 4) is 0 Å². The highest BCUT2D eigenvalue weighted by Gasteiger charge is 2.35. The van der Waals surface area contributed by atoms with Crippen LogP contribution in [0.1, 0.15) is 5.56 Å². The summed E-state index contributed by atoms with van der Waals surface area (Å²) in [5.41, 5.74) is 1.71. The fraction of sp³-hybridized carbons (Fsp3) is 0.0588. The first-order chi connectivity index (χ1) is 11.5. The van der Waals surface area contributed by atoms with Gasteiger partial charge in [0.2, 0.25) is 0 Å². The highest BCUT2D eigenvalue weighted by Crippen LogP contribution is 2.39. The number of hydroxylamine groups is 1. The molecule has 0 bridgehead atoms. The van der Waals surface area contributed by atoms with Gasteiger partial charge in [-0.25, -0.2) is 5.06 Å². The van der Waals surface area contributed by atoms with Crippen molar-refractivity contribution in [1.82, 2.24) is 0 Å². The van der Waals surface area contributed by atoms with Gasteiger partial charge in [0.15, 0.2) is 18.7 Å². The van der Waals surface area contributed by atoms with E-state index in [0.29, 0.717) is 44.6 Å². The van der Waals surface area contributed by atoms with Crippen LogP contribution >= 0.6 is 34.8 Å². The van der Waals surface area contributed by atoms with Gasteiger partial charge < -0.3 is 0 Å². The number of aldehydes is 2. The predicted molar refractivity (Wildman–Crippen MR) is 94.3 cm³/mol. The zero-order valence-electron chi connectivity index (χ0n) is 12.1. The topological polar surface area (TPSA) is 46.6 Å². The SMILES string of the molecule is O=CC1=C(c2ccc(Cl)cc2Cl)N(c2ccc(Cl)cc2)OC1C=O. The van der Waals surface area contributed by atoms with Gasteiger partial charge in [-0.2, -0.15) is 0 Å². The number of nitrogens with zero attached hydrogens (tertiary/aromatic N) is 1. The molecule has 1 heterocycles. The molecular weight excluding hydrogens is 373 g/mol. The monoisotopic (exact) mass is 381 g/mol. The number of halogens is 3. The van der Waals surface area contributed by atoms with Crippen molar-refractivity contribution >= 4 is 58.8 Å². The van der Waals surface area contributed by atoms with E-state index in [2.05, 4.69) is 0 Å². The van der Waals surface area contributed by atoms with Crippen LogP contribution < -0.4 is 5.06 Å². The van der Waals surface area contributed by atoms with E-state index in [4.69, 9.17) is 39.6 Å². The largest absolute Gasteiger partial charge is 0.300 e. The molecule has 4 nitrogen and oxygen atoms in total. The third kappa shape index (κ3) is 3.06. The zero-order chi connectivity index (χ0) is 17.3. The molecule has 1 unspecified atom stereocenters. The lowest BCUT2D eigenvalue weighted by atomic mass is 10.0. The van der Waals surface area contributed by atoms with Crippen LogP contribution in [0.15, 0.2) is 48.0 Å². The minimum atomic E-state index is -1.01. The van der Waals surface area contributed by atoms with Gasteiger partial charge in [-0.3, -0.25) is 14.4 Å². The average molecular weight is 383 g/mol. The number of hydrogen-bond donors (Lipinski definition) is 0. The third-order valence-corrected chi connectivity index (χ3v) is 4.30. The second-order valence-electron chi connectivity index (χ2n) is 4.98. The van der Waals surface area contributed by atoms with E-state index in [1.807, 2.05) is 0 Å². The number of carbonyl (C=O) groups is 2. The maximum absolute atomic E-state index is 11.6. The summed E-state index contributed by atoms with van der Waals surface area (Å²) in [6, 6.07) is 11.6. The molecule has 0 aliphatic carbocycles. The molecule has 0 saturated carbocycles. The second-order valence-corrected chi connectivity index (χ2v) is 6.26. The standard InChI is InChI=1S/C17H10Cl3NO3/c18-10-1-4-12(5-2-10)21-17(14(8-22)16(9-23)24-21)13-6-3-11(19)7-15(13)20/h1-9,16H. The molecule has 7 heteroatoms. The normalized spacial score (nSPS) is 17.3. The number of anilines is 1. The molecule has 0 saturated heterocycles. The van der Waals surface area contributed by atoms with Crippen molar-refractivity contribution in [1.29, 1.82) is 0 Å². The molecule has 0 spiro atoms. The van der Waals surface area contributed by atoms with Crippen LogP contribution in [0.25, 0.3) is 5.70 Å². The van der Waals surface area contributed by atoms with Crippen LogP contribution in [0, 0.1) is 0 Å². The van der Waals surface area contributed by atoms with Gasteiger partial charge >= 0.3 is 0 Å². The lowest BCUT2D eigenvalue weighted by Gasteiger charge is -2.22. The van der Waals surface area contributed by atoms with Crippen LogP contribution in [0.2, 0.25) is 15.1 Å². The predicted octanol–water partition coefficient (Wildman–Crippen LogP) is 4.58. The summed E-state index contributed by atoms with van der Waals surface area (Å²) in [6.45, 7) is 0. The lowest BCUT2D eigenvalue weighted by molar-refractivity contribution is -0.117. The summed E-state index contributed by atoms with van der Waals surface area (Å²) >= 11 is 18.1. The number of benzene rings is 2. The fourth-order valence-electron chi connectivity index (χ4n) is 2.41. The second kappa shape index (κ2) is 6.95. The van der Waals surface area contributed by atoms with Gasteiger partial charge in [-0.05, 0) is 42.5 Å². The summed E-state index contributed by atoms with van der Waals surface area (Å²) in [4.78, 5) is 28.5. The Kier molecular flexibility index (Phi) is 4.92. The Morgan fingerprint density at radius 1 is 0.958 bits per heavy atom. The van der Waals surface area contributed by atoms with Crippen LogP contribution in [-0.4, -0.2) is 18.7 Å². The molecule has 1 aliphatic rings. The average Bonchev–Trinajstić information content (AvgIpc) is 2.94. The minimum absolute atomic E-state index is 0.184. The lowest BCUT2D eigenvalue weighted by Crippen LogP contribution is -2.21. The van der Waals surface area contributed by atoms with E-state index in [1.54, 1.807) is 42.5 Å². The summed E-state index contributed by atoms with van der Waals surface area (Å²) in [5, 5.41) is 2.75. The van der Waals surface area contributed by atoms with Crippen molar-refractivity contribution in [2.24, 2.45) is 0 Å². The van der Waals surface area contributed by atoms with Gasteiger partial charge in [0.25, 0.3) is 0 Å². The summed E-state index contributed by atoms with van der Waals surface area (Å²) in [6.07, 6.45) is 0.138. The molecule has 0 fully saturated rings. The maximum atomic E-state index is 11.6. The molecule has 1 aliphatic heterocycles. The Morgan fingerprint density at radius 2 is 1.62 bits per heavy atom. The van der Waals surface area contributed by atoms with Gasteiger partial charge in [0, 0.05) is 15.6 Å². The number of hydrogen-bond acceptors (Lipinski definition) is 4.